The van der Waals surface area contributed by atoms with Crippen LogP contribution in [-0.2, 0) is 6.42 Å². The molecule has 1 aromatic rings. The van der Waals surface area contributed by atoms with Gasteiger partial charge in [-0.15, -0.1) is 0 Å². The van der Waals surface area contributed by atoms with Gasteiger partial charge in [0.05, 0.1) is 0 Å². The zero-order valence-electron chi connectivity index (χ0n) is 9.24. The maximum absolute atomic E-state index is 5.60. The third-order valence-electron chi connectivity index (χ3n) is 2.59. The van der Waals surface area contributed by atoms with Crippen molar-refractivity contribution in [2.24, 2.45) is 5.73 Å². The summed E-state index contributed by atoms with van der Waals surface area (Å²) in [5.41, 5.74) is 5.60. The van der Waals surface area contributed by atoms with Crippen molar-refractivity contribution < 1.29 is 0 Å². The van der Waals surface area contributed by atoms with Gasteiger partial charge in [0.1, 0.15) is 5.82 Å². The summed E-state index contributed by atoms with van der Waals surface area (Å²) >= 11 is 0. The minimum Gasteiger partial charge on any atom is -0.332 e. The van der Waals surface area contributed by atoms with Gasteiger partial charge in [-0.2, -0.15) is 0 Å². The van der Waals surface area contributed by atoms with Crippen LogP contribution in [0.15, 0.2) is 12.4 Å². The molecule has 0 radical (unpaired) electrons. The molecule has 0 fully saturated rings. The van der Waals surface area contributed by atoms with E-state index in [4.69, 9.17) is 5.73 Å². The molecule has 0 amide bonds. The number of aryl methyl sites for hydroxylation is 1. The van der Waals surface area contributed by atoms with E-state index in [1.807, 2.05) is 6.20 Å². The summed E-state index contributed by atoms with van der Waals surface area (Å²) in [6, 6.07) is 0.532. The van der Waals surface area contributed by atoms with E-state index in [1.165, 1.54) is 5.82 Å². The van der Waals surface area contributed by atoms with Crippen LogP contribution in [0.2, 0.25) is 0 Å². The molecule has 0 aliphatic heterocycles. The minimum absolute atomic E-state index is 0.532. The Balaban J connectivity index is 2.74. The van der Waals surface area contributed by atoms with Crippen LogP contribution in [0.3, 0.4) is 0 Å². The zero-order chi connectivity index (χ0) is 10.4. The van der Waals surface area contributed by atoms with Gasteiger partial charge in [-0.1, -0.05) is 13.8 Å². The summed E-state index contributed by atoms with van der Waals surface area (Å²) in [4.78, 5) is 4.38. The van der Waals surface area contributed by atoms with Gasteiger partial charge in [-0.25, -0.2) is 4.98 Å². The van der Waals surface area contributed by atoms with E-state index in [-0.39, 0.29) is 0 Å². The van der Waals surface area contributed by atoms with Crippen molar-refractivity contribution in [3.63, 3.8) is 0 Å². The lowest BCUT2D eigenvalue weighted by molar-refractivity contribution is 0.442. The van der Waals surface area contributed by atoms with Gasteiger partial charge in [-0.3, -0.25) is 0 Å². The highest BCUT2D eigenvalue weighted by molar-refractivity contribution is 4.95. The second kappa shape index (κ2) is 5.81. The molecule has 14 heavy (non-hydrogen) atoms. The second-order valence-electron chi connectivity index (χ2n) is 3.64. The monoisotopic (exact) mass is 195 g/mol. The number of hydrogen-bond acceptors (Lipinski definition) is 2. The molecule has 3 heteroatoms. The molecule has 0 bridgehead atoms. The Kier molecular flexibility index (Phi) is 4.66. The molecule has 3 nitrogen and oxygen atoms in total. The normalized spacial score (nSPS) is 13.1. The number of imidazole rings is 1. The fourth-order valence-electron chi connectivity index (χ4n) is 1.83. The minimum atomic E-state index is 0.532. The molecule has 2 N–H and O–H groups in total. The van der Waals surface area contributed by atoms with Crippen LogP contribution in [0.5, 0.6) is 0 Å². The first kappa shape index (κ1) is 11.2. The van der Waals surface area contributed by atoms with Crippen LogP contribution in [0, 0.1) is 0 Å². The lowest BCUT2D eigenvalue weighted by Crippen LogP contribution is -2.15. The quantitative estimate of drug-likeness (QED) is 0.755. The second-order valence-corrected chi connectivity index (χ2v) is 3.64. The summed E-state index contributed by atoms with van der Waals surface area (Å²) in [6.45, 7) is 5.14. The summed E-state index contributed by atoms with van der Waals surface area (Å²) < 4.78 is 2.29. The first-order valence-corrected chi connectivity index (χ1v) is 5.55. The molecule has 1 heterocycles. The first-order valence-electron chi connectivity index (χ1n) is 5.55. The van der Waals surface area contributed by atoms with Crippen LogP contribution in [0.1, 0.15) is 45.0 Å². The molecule has 0 saturated heterocycles. The Hall–Kier alpha value is -0.830. The molecule has 0 aliphatic rings. The number of nitrogens with zero attached hydrogens (tertiary/aromatic N) is 2. The van der Waals surface area contributed by atoms with Crippen LogP contribution in [0.4, 0.5) is 0 Å². The fraction of sp³-hybridized carbons (Fsp3) is 0.727. The van der Waals surface area contributed by atoms with Gasteiger partial charge in [-0.05, 0) is 25.8 Å². The van der Waals surface area contributed by atoms with Crippen LogP contribution in [-0.4, -0.2) is 16.1 Å². The first-order chi connectivity index (χ1) is 6.83. The molecule has 1 aromatic heterocycles. The van der Waals surface area contributed by atoms with Crippen molar-refractivity contribution in [3.8, 4) is 0 Å². The van der Waals surface area contributed by atoms with Crippen molar-refractivity contribution in [1.29, 1.82) is 0 Å². The lowest BCUT2D eigenvalue weighted by atomic mass is 10.1. The highest BCUT2D eigenvalue weighted by Crippen LogP contribution is 2.17. The van der Waals surface area contributed by atoms with Gasteiger partial charge in [0, 0.05) is 24.9 Å². The Morgan fingerprint density at radius 2 is 2.29 bits per heavy atom. The van der Waals surface area contributed by atoms with Gasteiger partial charge >= 0.3 is 0 Å². The number of nitrogens with two attached hydrogens (primary N) is 1. The Bertz CT molecular complexity index is 255. The van der Waals surface area contributed by atoms with Crippen molar-refractivity contribution in [2.45, 2.75) is 45.6 Å². The van der Waals surface area contributed by atoms with E-state index in [9.17, 15) is 0 Å². The van der Waals surface area contributed by atoms with Crippen molar-refractivity contribution in [3.05, 3.63) is 18.2 Å². The van der Waals surface area contributed by atoms with E-state index in [1.54, 1.807) is 0 Å². The van der Waals surface area contributed by atoms with E-state index in [0.717, 1.165) is 32.2 Å². The number of rotatable bonds is 6. The van der Waals surface area contributed by atoms with Gasteiger partial charge in [0.2, 0.25) is 0 Å². The molecule has 1 atom stereocenters. The Morgan fingerprint density at radius 3 is 2.86 bits per heavy atom. The number of aromatic nitrogens is 2. The molecule has 0 spiro atoms. The Labute approximate surface area is 86.3 Å². The maximum Gasteiger partial charge on any atom is 0.108 e. The average Bonchev–Trinajstić information content (AvgIpc) is 2.63. The van der Waals surface area contributed by atoms with E-state index >= 15 is 0 Å². The molecular formula is C11H21N3. The van der Waals surface area contributed by atoms with E-state index < -0.39 is 0 Å². The molecule has 80 valence electrons. The third-order valence-corrected chi connectivity index (χ3v) is 2.59. The number of hydrogen-bond donors (Lipinski definition) is 1. The van der Waals surface area contributed by atoms with Crippen molar-refractivity contribution in [2.75, 3.05) is 6.54 Å². The molecule has 1 rings (SSSR count). The largest absolute Gasteiger partial charge is 0.332 e. The van der Waals surface area contributed by atoms with Gasteiger partial charge in [0.25, 0.3) is 0 Å². The molecular weight excluding hydrogens is 174 g/mol. The highest BCUT2D eigenvalue weighted by Gasteiger charge is 2.10. The van der Waals surface area contributed by atoms with Crippen molar-refractivity contribution >= 4 is 0 Å². The predicted molar refractivity (Wildman–Crippen MR) is 59.2 cm³/mol. The summed E-state index contributed by atoms with van der Waals surface area (Å²) in [5, 5.41) is 0. The van der Waals surface area contributed by atoms with Crippen LogP contribution < -0.4 is 5.73 Å². The molecule has 0 aliphatic carbocycles. The predicted octanol–water partition coefficient (Wildman–Crippen LogP) is 2.14. The van der Waals surface area contributed by atoms with E-state index in [2.05, 4.69) is 29.6 Å². The molecule has 0 saturated carbocycles. The smallest absolute Gasteiger partial charge is 0.108 e. The van der Waals surface area contributed by atoms with Crippen molar-refractivity contribution in [1.82, 2.24) is 9.55 Å². The van der Waals surface area contributed by atoms with E-state index in [0.29, 0.717) is 6.04 Å². The van der Waals surface area contributed by atoms with Gasteiger partial charge in [0.15, 0.2) is 0 Å². The maximum atomic E-state index is 5.60. The highest BCUT2D eigenvalue weighted by atomic mass is 15.1. The molecule has 1 unspecified atom stereocenters. The summed E-state index contributed by atoms with van der Waals surface area (Å²) in [6.07, 6.45) is 8.36. The van der Waals surface area contributed by atoms with Crippen LogP contribution in [0.25, 0.3) is 0 Å². The standard InChI is InChI=1S/C11H21N3/c1-3-5-11-13-8-9-14(11)10(4-2)6-7-12/h8-10H,3-7,12H2,1-2H3. The summed E-state index contributed by atoms with van der Waals surface area (Å²) in [5.74, 6) is 1.20. The fourth-order valence-corrected chi connectivity index (χ4v) is 1.83. The third kappa shape index (κ3) is 2.58. The zero-order valence-corrected chi connectivity index (χ0v) is 9.24. The topological polar surface area (TPSA) is 43.8 Å². The lowest BCUT2D eigenvalue weighted by Gasteiger charge is -2.18. The van der Waals surface area contributed by atoms with Gasteiger partial charge < -0.3 is 10.3 Å². The van der Waals surface area contributed by atoms with Crippen LogP contribution >= 0.6 is 0 Å². The Morgan fingerprint density at radius 1 is 1.50 bits per heavy atom. The summed E-state index contributed by atoms with van der Waals surface area (Å²) in [7, 11) is 0. The average molecular weight is 195 g/mol. The SMILES string of the molecule is CCCc1nccn1C(CC)CCN. The molecule has 0 aromatic carbocycles.